The van der Waals surface area contributed by atoms with Gasteiger partial charge in [-0.15, -0.1) is 0 Å². The number of likely N-dealkylation sites (N-methyl/N-ethyl adjacent to an activating group) is 1. The number of aryl methyl sites for hydroxylation is 3. The largest absolute Gasteiger partial charge is 0.351 e. The molecule has 1 aromatic rings. The monoisotopic (exact) mass is 268 g/mol. The van der Waals surface area contributed by atoms with Crippen LogP contribution in [0.1, 0.15) is 42.3 Å². The fraction of sp³-hybridized carbons (Fsp3) is 0.389. The maximum atomic E-state index is 4.82. The Bertz CT molecular complexity index is 635. The van der Waals surface area contributed by atoms with E-state index in [1.807, 2.05) is 0 Å². The maximum Gasteiger partial charge on any atom is 0.0659 e. The Morgan fingerprint density at radius 2 is 1.65 bits per heavy atom. The first-order chi connectivity index (χ1) is 9.25. The van der Waals surface area contributed by atoms with Gasteiger partial charge in [-0.25, -0.2) is 0 Å². The molecule has 0 aliphatic carbocycles. The van der Waals surface area contributed by atoms with Crippen molar-refractivity contribution >= 4 is 0 Å². The summed E-state index contributed by atoms with van der Waals surface area (Å²) in [6.45, 7) is 19.1. The summed E-state index contributed by atoms with van der Waals surface area (Å²) < 4.78 is 0. The first-order valence-electron chi connectivity index (χ1n) is 6.99. The average Bonchev–Trinajstić information content (AvgIpc) is 2.40. The minimum atomic E-state index is 0.0861. The van der Waals surface area contributed by atoms with E-state index in [0.29, 0.717) is 0 Å². The van der Waals surface area contributed by atoms with Crippen molar-refractivity contribution in [3.63, 3.8) is 0 Å². The van der Waals surface area contributed by atoms with Gasteiger partial charge in [0.05, 0.1) is 11.6 Å². The van der Waals surface area contributed by atoms with Crippen LogP contribution in [0.4, 0.5) is 0 Å². The fourth-order valence-corrected chi connectivity index (χ4v) is 2.79. The molecule has 0 fully saturated rings. The molecule has 0 radical (unpaired) electrons. The molecule has 0 spiro atoms. The lowest BCUT2D eigenvalue weighted by Gasteiger charge is -2.37. The van der Waals surface area contributed by atoms with Crippen LogP contribution in [0.2, 0.25) is 0 Å². The summed E-state index contributed by atoms with van der Waals surface area (Å²) in [5.74, 6) is 0.0861. The number of rotatable bonds is 1. The zero-order valence-corrected chi connectivity index (χ0v) is 13.5. The molecule has 1 aliphatic heterocycles. The standard InChI is InChI=1S/C18H24N2/c1-10-9-11(2)18(19-14(10)5)17-13(4)12(3)15(6)20(8)16(17)7/h9,17H,4,7H2,1-3,5-6,8H3. The Hall–Kier alpha value is -1.83. The zero-order valence-electron chi connectivity index (χ0n) is 13.5. The summed E-state index contributed by atoms with van der Waals surface area (Å²) in [6, 6.07) is 2.21. The normalized spacial score (nSPS) is 19.9. The van der Waals surface area contributed by atoms with Gasteiger partial charge in [0.15, 0.2) is 0 Å². The van der Waals surface area contributed by atoms with Gasteiger partial charge in [0.2, 0.25) is 0 Å². The van der Waals surface area contributed by atoms with E-state index in [1.165, 1.54) is 22.4 Å². The number of hydrogen-bond acceptors (Lipinski definition) is 2. The molecule has 0 saturated heterocycles. The number of nitrogens with zero attached hydrogens (tertiary/aromatic N) is 2. The number of pyridine rings is 1. The van der Waals surface area contributed by atoms with Gasteiger partial charge in [-0.3, -0.25) is 4.98 Å². The minimum Gasteiger partial charge on any atom is -0.351 e. The van der Waals surface area contributed by atoms with Crippen LogP contribution in [0.3, 0.4) is 0 Å². The molecule has 0 aromatic carbocycles. The third kappa shape index (κ3) is 2.09. The number of allylic oxidation sites excluding steroid dienone is 3. The van der Waals surface area contributed by atoms with Crippen LogP contribution in [-0.4, -0.2) is 16.9 Å². The molecule has 1 unspecified atom stereocenters. The lowest BCUT2D eigenvalue weighted by molar-refractivity contribution is 0.463. The van der Waals surface area contributed by atoms with E-state index < -0.39 is 0 Å². The van der Waals surface area contributed by atoms with E-state index in [1.54, 1.807) is 0 Å². The molecule has 20 heavy (non-hydrogen) atoms. The van der Waals surface area contributed by atoms with Crippen LogP contribution >= 0.6 is 0 Å². The van der Waals surface area contributed by atoms with Crippen molar-refractivity contribution < 1.29 is 0 Å². The topological polar surface area (TPSA) is 16.1 Å². The van der Waals surface area contributed by atoms with Crippen molar-refractivity contribution in [3.8, 4) is 0 Å². The highest BCUT2D eigenvalue weighted by molar-refractivity contribution is 5.50. The fourth-order valence-electron chi connectivity index (χ4n) is 2.79. The van der Waals surface area contributed by atoms with Crippen LogP contribution in [-0.2, 0) is 0 Å². The molecular weight excluding hydrogens is 244 g/mol. The third-order valence-electron chi connectivity index (χ3n) is 4.61. The van der Waals surface area contributed by atoms with Gasteiger partial charge in [-0.2, -0.15) is 0 Å². The van der Waals surface area contributed by atoms with E-state index in [0.717, 1.165) is 22.7 Å². The van der Waals surface area contributed by atoms with Crippen molar-refractivity contribution in [2.24, 2.45) is 0 Å². The highest BCUT2D eigenvalue weighted by Gasteiger charge is 2.31. The Labute approximate surface area is 122 Å². The van der Waals surface area contributed by atoms with Crippen molar-refractivity contribution in [2.45, 2.75) is 40.5 Å². The van der Waals surface area contributed by atoms with Gasteiger partial charge in [0.25, 0.3) is 0 Å². The van der Waals surface area contributed by atoms with Crippen molar-refractivity contribution in [3.05, 3.63) is 64.3 Å². The summed E-state index contributed by atoms with van der Waals surface area (Å²) >= 11 is 0. The molecular formula is C18H24N2. The molecule has 2 nitrogen and oxygen atoms in total. The van der Waals surface area contributed by atoms with Crippen molar-refractivity contribution in [2.75, 3.05) is 7.05 Å². The Kier molecular flexibility index (Phi) is 3.59. The molecule has 2 heterocycles. The van der Waals surface area contributed by atoms with E-state index in [-0.39, 0.29) is 5.92 Å². The van der Waals surface area contributed by atoms with Crippen LogP contribution in [0.15, 0.2) is 41.8 Å². The van der Waals surface area contributed by atoms with Crippen LogP contribution < -0.4 is 0 Å². The van der Waals surface area contributed by atoms with Gasteiger partial charge >= 0.3 is 0 Å². The van der Waals surface area contributed by atoms with Gasteiger partial charge in [0.1, 0.15) is 0 Å². The molecule has 106 valence electrons. The van der Waals surface area contributed by atoms with E-state index in [4.69, 9.17) is 4.98 Å². The molecule has 0 N–H and O–H groups in total. The highest BCUT2D eigenvalue weighted by atomic mass is 15.1. The van der Waals surface area contributed by atoms with Crippen LogP contribution in [0.5, 0.6) is 0 Å². The molecule has 2 rings (SSSR count). The second-order valence-corrected chi connectivity index (χ2v) is 5.81. The van der Waals surface area contributed by atoms with Gasteiger partial charge in [0, 0.05) is 24.1 Å². The smallest absolute Gasteiger partial charge is 0.0659 e. The summed E-state index contributed by atoms with van der Waals surface area (Å²) in [6.07, 6.45) is 0. The maximum absolute atomic E-state index is 4.82. The highest BCUT2D eigenvalue weighted by Crippen LogP contribution is 2.42. The molecule has 0 saturated carbocycles. The third-order valence-corrected chi connectivity index (χ3v) is 4.61. The van der Waals surface area contributed by atoms with Gasteiger partial charge in [-0.1, -0.05) is 19.2 Å². The molecule has 0 bridgehead atoms. The molecule has 0 amide bonds. The molecule has 2 heteroatoms. The van der Waals surface area contributed by atoms with E-state index in [2.05, 4.69) is 65.8 Å². The Morgan fingerprint density at radius 3 is 2.25 bits per heavy atom. The molecule has 1 atom stereocenters. The van der Waals surface area contributed by atoms with Gasteiger partial charge < -0.3 is 4.90 Å². The first-order valence-corrected chi connectivity index (χ1v) is 6.99. The van der Waals surface area contributed by atoms with E-state index >= 15 is 0 Å². The zero-order chi connectivity index (χ0) is 15.2. The molecule has 1 aliphatic rings. The van der Waals surface area contributed by atoms with Gasteiger partial charge in [-0.05, 0) is 56.9 Å². The van der Waals surface area contributed by atoms with Crippen molar-refractivity contribution in [1.82, 2.24) is 9.88 Å². The Balaban J connectivity index is 2.61. The molecule has 1 aromatic heterocycles. The first kappa shape index (κ1) is 14.6. The number of hydrogen-bond donors (Lipinski definition) is 0. The average molecular weight is 268 g/mol. The number of aromatic nitrogens is 1. The summed E-state index contributed by atoms with van der Waals surface area (Å²) in [5, 5.41) is 0. The second kappa shape index (κ2) is 4.93. The quantitative estimate of drug-likeness (QED) is 0.750. The summed E-state index contributed by atoms with van der Waals surface area (Å²) in [4.78, 5) is 6.98. The van der Waals surface area contributed by atoms with Crippen molar-refractivity contribution in [1.29, 1.82) is 0 Å². The van der Waals surface area contributed by atoms with Crippen LogP contribution in [0, 0.1) is 20.8 Å². The lowest BCUT2D eigenvalue weighted by Crippen LogP contribution is -2.28. The predicted octanol–water partition coefficient (Wildman–Crippen LogP) is 4.40. The second-order valence-electron chi connectivity index (χ2n) is 5.81. The summed E-state index contributed by atoms with van der Waals surface area (Å²) in [7, 11) is 2.07. The van der Waals surface area contributed by atoms with E-state index in [9.17, 15) is 0 Å². The predicted molar refractivity (Wildman–Crippen MR) is 85.6 cm³/mol. The minimum absolute atomic E-state index is 0.0861. The lowest BCUT2D eigenvalue weighted by atomic mass is 9.82. The Morgan fingerprint density at radius 1 is 1.05 bits per heavy atom. The van der Waals surface area contributed by atoms with Crippen LogP contribution in [0.25, 0.3) is 0 Å². The SMILES string of the molecule is C=C1C(C)=C(C)N(C)C(=C)C1c1nc(C)c(C)cc1C. The summed E-state index contributed by atoms with van der Waals surface area (Å²) in [5.41, 5.74) is 9.24.